The number of benzene rings is 1. The molecule has 0 aliphatic carbocycles. The summed E-state index contributed by atoms with van der Waals surface area (Å²) >= 11 is 0. The summed E-state index contributed by atoms with van der Waals surface area (Å²) in [5.74, 6) is 0. The van der Waals surface area contributed by atoms with Gasteiger partial charge in [-0.15, -0.1) is 0 Å². The zero-order valence-corrected chi connectivity index (χ0v) is 5.18. The maximum Gasteiger partial charge on any atom is 0.193 e. The highest BCUT2D eigenvalue weighted by Crippen LogP contribution is 1.93. The fraction of sp³-hybridized carbons (Fsp3) is 0. The van der Waals surface area contributed by atoms with Crippen LogP contribution in [-0.2, 0) is 0 Å². The highest BCUT2D eigenvalue weighted by molar-refractivity contribution is 7.35. The molecule has 0 spiro atoms. The first-order chi connectivity index (χ1) is 4.43. The van der Waals surface area contributed by atoms with Crippen LogP contribution in [0.2, 0.25) is 1.41 Å². The fourth-order valence-corrected chi connectivity index (χ4v) is 0.800. The standard InChI is InChI=1S/C6H6NP/c7-8-6-4-2-1-3-5-6/h1-5,7H/i/hH. The van der Waals surface area contributed by atoms with Crippen LogP contribution >= 0.6 is 8.37 Å². The van der Waals surface area contributed by atoms with Gasteiger partial charge in [-0.25, -0.2) is 0 Å². The SMILES string of the molecule is [1H]N=Pc1ccccc1. The van der Waals surface area contributed by atoms with Gasteiger partial charge >= 0.3 is 0 Å². The van der Waals surface area contributed by atoms with Gasteiger partial charge in [-0.2, -0.15) is 0 Å². The molecule has 0 aliphatic heterocycles. The minimum absolute atomic E-state index is 0.723. The topological polar surface area (TPSA) is 23.9 Å². The van der Waals surface area contributed by atoms with Crippen LogP contribution in [0, 0.1) is 5.15 Å². The molecule has 0 aromatic heterocycles. The lowest BCUT2D eigenvalue weighted by Gasteiger charge is -1.82. The summed E-state index contributed by atoms with van der Waals surface area (Å²) in [5, 5.41) is 4.29. The predicted octanol–water partition coefficient (Wildman–Crippen LogP) is 2.02. The molecule has 0 bridgehead atoms. The van der Waals surface area contributed by atoms with E-state index >= 15 is 0 Å². The predicted molar refractivity (Wildman–Crippen MR) is 35.7 cm³/mol. The Bertz CT molecular complexity index is 197. The van der Waals surface area contributed by atoms with Crippen molar-refractivity contribution in [1.82, 2.24) is 0 Å². The minimum atomic E-state index is 0.723. The molecule has 40 valence electrons. The molecule has 8 heavy (non-hydrogen) atoms. The van der Waals surface area contributed by atoms with Gasteiger partial charge < -0.3 is 0 Å². The van der Waals surface area contributed by atoms with Crippen molar-refractivity contribution in [2.24, 2.45) is 0 Å². The van der Waals surface area contributed by atoms with Gasteiger partial charge in [0.05, 0.1) is 0 Å². The van der Waals surface area contributed by atoms with Gasteiger partial charge in [0.2, 0.25) is 0 Å². The van der Waals surface area contributed by atoms with E-state index in [4.69, 9.17) is 1.41 Å². The largest absolute Gasteiger partial charge is 0.279 e. The van der Waals surface area contributed by atoms with E-state index in [1.165, 1.54) is 0 Å². The van der Waals surface area contributed by atoms with Gasteiger partial charge in [-0.1, -0.05) is 18.2 Å². The van der Waals surface area contributed by atoms with E-state index in [0.29, 0.717) is 0 Å². The third kappa shape index (κ3) is 1.14. The Morgan fingerprint density at radius 3 is 2.75 bits per heavy atom. The molecule has 0 radical (unpaired) electrons. The number of hydrogen-bond acceptors (Lipinski definition) is 1. The van der Waals surface area contributed by atoms with Crippen LogP contribution in [0.5, 0.6) is 0 Å². The van der Waals surface area contributed by atoms with Crippen LogP contribution in [0.25, 0.3) is 0 Å². The van der Waals surface area contributed by atoms with Crippen molar-refractivity contribution in [3.05, 3.63) is 30.3 Å². The molecule has 1 nitrogen and oxygen atoms in total. The first-order valence-corrected chi connectivity index (χ1v) is 3.18. The molecule has 1 N–H and O–H groups in total. The quantitative estimate of drug-likeness (QED) is 0.552. The molecule has 1 rings (SSSR count). The molecule has 0 aliphatic rings. The van der Waals surface area contributed by atoms with E-state index in [9.17, 15) is 0 Å². The van der Waals surface area contributed by atoms with E-state index in [1.807, 2.05) is 30.3 Å². The Kier molecular flexibility index (Phi) is 1.36. The average molecular weight is 123 g/mol. The minimum Gasteiger partial charge on any atom is -0.279 e. The zero-order valence-electron chi connectivity index (χ0n) is 5.28. The van der Waals surface area contributed by atoms with Crippen LogP contribution < -0.4 is 5.30 Å². The van der Waals surface area contributed by atoms with Crippen LogP contribution in [0.3, 0.4) is 0 Å². The Morgan fingerprint density at radius 2 is 2.12 bits per heavy atom. The molecule has 0 heterocycles. The van der Waals surface area contributed by atoms with Crippen LogP contribution in [0.1, 0.15) is 0 Å². The van der Waals surface area contributed by atoms with Gasteiger partial charge in [-0.3, -0.25) is 5.15 Å². The highest BCUT2D eigenvalue weighted by Gasteiger charge is 1.78. The van der Waals surface area contributed by atoms with Gasteiger partial charge in [0.25, 0.3) is 0 Å². The van der Waals surface area contributed by atoms with Gasteiger partial charge in [0.15, 0.2) is 1.41 Å². The Hall–Kier alpha value is -0.680. The molecule has 0 atom stereocenters. The van der Waals surface area contributed by atoms with Gasteiger partial charge in [0.1, 0.15) is 0 Å². The van der Waals surface area contributed by atoms with E-state index in [2.05, 4.69) is 5.15 Å². The third-order valence-corrected chi connectivity index (χ3v) is 1.40. The highest BCUT2D eigenvalue weighted by atomic mass is 31.1. The second kappa shape index (κ2) is 2.58. The van der Waals surface area contributed by atoms with Crippen molar-refractivity contribution in [2.75, 3.05) is 0 Å². The number of rotatable bonds is 1. The summed E-state index contributed by atoms with van der Waals surface area (Å²) in [6.07, 6.45) is 0. The summed E-state index contributed by atoms with van der Waals surface area (Å²) in [6.45, 7) is 0. The van der Waals surface area contributed by atoms with Crippen molar-refractivity contribution in [2.45, 2.75) is 0 Å². The second-order valence-corrected chi connectivity index (χ2v) is 2.15. The van der Waals surface area contributed by atoms with E-state index in [1.54, 1.807) is 0 Å². The lowest BCUT2D eigenvalue weighted by atomic mass is 10.4. The summed E-state index contributed by atoms with van der Waals surface area (Å²) in [5.41, 5.74) is 0. The normalized spacial score (nSPS) is 11.8. The molecular formula is C6H6NP. The summed E-state index contributed by atoms with van der Waals surface area (Å²) in [4.78, 5) is 0. The third-order valence-electron chi connectivity index (χ3n) is 0.872. The van der Waals surface area contributed by atoms with Gasteiger partial charge in [0, 0.05) is 13.7 Å². The maximum atomic E-state index is 6.55. The Morgan fingerprint density at radius 1 is 1.38 bits per heavy atom. The van der Waals surface area contributed by atoms with E-state index in [0.717, 1.165) is 13.7 Å². The van der Waals surface area contributed by atoms with Crippen LogP contribution in [-0.4, -0.2) is 0 Å². The lowest BCUT2D eigenvalue weighted by molar-refractivity contribution is 1.64. The molecular weight excluding hydrogens is 117 g/mol. The van der Waals surface area contributed by atoms with E-state index < -0.39 is 0 Å². The van der Waals surface area contributed by atoms with Crippen molar-refractivity contribution in [3.63, 3.8) is 0 Å². The smallest absolute Gasteiger partial charge is 0.193 e. The molecule has 1 aromatic rings. The second-order valence-electron chi connectivity index (χ2n) is 1.44. The molecule has 0 unspecified atom stereocenters. The molecule has 0 fully saturated rings. The Labute approximate surface area is 51.5 Å². The van der Waals surface area contributed by atoms with Crippen LogP contribution in [0.15, 0.2) is 30.3 Å². The van der Waals surface area contributed by atoms with Crippen molar-refractivity contribution in [3.8, 4) is 0 Å². The van der Waals surface area contributed by atoms with Crippen molar-refractivity contribution >= 4 is 13.7 Å². The summed E-state index contributed by atoms with van der Waals surface area (Å²) in [6, 6.07) is 9.71. The zero-order chi connectivity index (χ0) is 6.53. The molecule has 0 saturated carbocycles. The Balaban J connectivity index is 2.85. The van der Waals surface area contributed by atoms with Crippen molar-refractivity contribution in [1.29, 1.82) is 5.15 Å². The summed E-state index contributed by atoms with van der Waals surface area (Å²) < 4.78 is 6.55. The lowest BCUT2D eigenvalue weighted by Crippen LogP contribution is -1.84. The first kappa shape index (κ1) is 4.22. The molecule has 0 amide bonds. The molecule has 1 aromatic carbocycles. The number of nitrogens with one attached hydrogen (secondary N) is 1. The molecule has 2 heteroatoms. The fourth-order valence-electron chi connectivity index (χ4n) is 0.495. The van der Waals surface area contributed by atoms with Gasteiger partial charge in [-0.05, 0) is 12.1 Å². The average Bonchev–Trinajstić information content (AvgIpc) is 1.91. The number of hydrogen-bond donors (Lipinski definition) is 1. The van der Waals surface area contributed by atoms with Crippen molar-refractivity contribution < 1.29 is 1.41 Å². The maximum absolute atomic E-state index is 6.55. The monoisotopic (exact) mass is 123 g/mol. The van der Waals surface area contributed by atoms with E-state index in [-0.39, 0.29) is 0 Å². The molecule has 0 saturated heterocycles. The summed E-state index contributed by atoms with van der Waals surface area (Å²) in [7, 11) is 0.723. The first-order valence-electron chi connectivity index (χ1n) is 2.78. The van der Waals surface area contributed by atoms with Crippen LogP contribution in [0.4, 0.5) is 0 Å².